The van der Waals surface area contributed by atoms with Gasteiger partial charge in [0.05, 0.1) is 24.3 Å². The predicted molar refractivity (Wildman–Crippen MR) is 95.4 cm³/mol. The van der Waals surface area contributed by atoms with Gasteiger partial charge in [0.25, 0.3) is 0 Å². The van der Waals surface area contributed by atoms with Gasteiger partial charge < -0.3 is 14.5 Å². The third kappa shape index (κ3) is 3.90. The van der Waals surface area contributed by atoms with E-state index in [1.54, 1.807) is 0 Å². The van der Waals surface area contributed by atoms with Crippen molar-refractivity contribution in [2.45, 2.75) is 44.1 Å². The number of carbonyl (C=O) groups is 1. The fourth-order valence-corrected chi connectivity index (χ4v) is 4.23. The van der Waals surface area contributed by atoms with E-state index in [2.05, 4.69) is 28.1 Å². The second kappa shape index (κ2) is 7.08. The third-order valence-corrected chi connectivity index (χ3v) is 5.77. The van der Waals surface area contributed by atoms with Gasteiger partial charge in [0.15, 0.2) is 0 Å². The van der Waals surface area contributed by atoms with Crippen LogP contribution >= 0.6 is 0 Å². The van der Waals surface area contributed by atoms with Crippen molar-refractivity contribution in [3.05, 3.63) is 17.5 Å². The van der Waals surface area contributed by atoms with Crippen molar-refractivity contribution < 1.29 is 9.53 Å². The Balaban J connectivity index is 1.49. The first kappa shape index (κ1) is 17.0. The lowest BCUT2D eigenvalue weighted by Crippen LogP contribution is -2.49. The van der Waals surface area contributed by atoms with Crippen molar-refractivity contribution in [3.8, 4) is 0 Å². The predicted octanol–water partition coefficient (Wildman–Crippen LogP) is 1.41. The van der Waals surface area contributed by atoms with Crippen LogP contribution in [0.4, 0.5) is 0 Å². The number of likely N-dealkylation sites (N-methyl/N-ethyl adjacent to an activating group) is 1. The highest BCUT2D eigenvalue weighted by Gasteiger charge is 2.36. The minimum atomic E-state index is -0.0162. The molecule has 1 aromatic heterocycles. The van der Waals surface area contributed by atoms with Crippen molar-refractivity contribution >= 4 is 5.91 Å². The highest BCUT2D eigenvalue weighted by atomic mass is 16.5. The minimum Gasteiger partial charge on any atom is -0.374 e. The summed E-state index contributed by atoms with van der Waals surface area (Å²) >= 11 is 0. The topological polar surface area (TPSA) is 50.6 Å². The van der Waals surface area contributed by atoms with E-state index >= 15 is 0 Å². The first-order valence-electron chi connectivity index (χ1n) is 9.71. The normalized spacial score (nSPS) is 27.1. The summed E-state index contributed by atoms with van der Waals surface area (Å²) in [5.41, 5.74) is 2.27. The van der Waals surface area contributed by atoms with Gasteiger partial charge >= 0.3 is 0 Å². The van der Waals surface area contributed by atoms with Crippen LogP contribution in [0.2, 0.25) is 0 Å². The number of hydrogen-bond donors (Lipinski definition) is 0. The van der Waals surface area contributed by atoms with Gasteiger partial charge in [0.2, 0.25) is 5.91 Å². The first-order valence-corrected chi connectivity index (χ1v) is 9.71. The van der Waals surface area contributed by atoms with Crippen molar-refractivity contribution in [1.82, 2.24) is 19.6 Å². The molecule has 3 aliphatic rings. The fraction of sp³-hybridized carbons (Fsp3) is 0.789. The number of ether oxygens (including phenoxy) is 1. The van der Waals surface area contributed by atoms with E-state index in [0.29, 0.717) is 5.92 Å². The Labute approximate surface area is 150 Å². The molecule has 6 heteroatoms. The summed E-state index contributed by atoms with van der Waals surface area (Å²) in [6.45, 7) is 4.29. The van der Waals surface area contributed by atoms with Gasteiger partial charge in [-0.25, -0.2) is 0 Å². The Hall–Kier alpha value is -1.40. The maximum Gasteiger partial charge on any atom is 0.230 e. The number of amides is 1. The molecule has 2 heterocycles. The number of aryl methyl sites for hydroxylation is 2. The van der Waals surface area contributed by atoms with E-state index in [1.807, 2.05) is 11.7 Å². The Bertz CT molecular complexity index is 625. The molecule has 25 heavy (non-hydrogen) atoms. The fourth-order valence-electron chi connectivity index (χ4n) is 4.23. The summed E-state index contributed by atoms with van der Waals surface area (Å²) in [6.07, 6.45) is 7.72. The van der Waals surface area contributed by atoms with E-state index in [0.717, 1.165) is 63.3 Å². The maximum atomic E-state index is 13.4. The van der Waals surface area contributed by atoms with Crippen molar-refractivity contribution in [2.75, 3.05) is 39.8 Å². The number of morpholine rings is 1. The van der Waals surface area contributed by atoms with Gasteiger partial charge in [-0.1, -0.05) is 0 Å². The van der Waals surface area contributed by atoms with Gasteiger partial charge in [0.1, 0.15) is 0 Å². The molecule has 4 rings (SSSR count). The molecular formula is C19H30N4O2. The summed E-state index contributed by atoms with van der Waals surface area (Å²) in [5, 5.41) is 4.56. The van der Waals surface area contributed by atoms with Crippen LogP contribution in [0.15, 0.2) is 6.20 Å². The zero-order valence-electron chi connectivity index (χ0n) is 15.5. The highest BCUT2D eigenvalue weighted by Crippen LogP contribution is 2.35. The number of hydrogen-bond acceptors (Lipinski definition) is 4. The van der Waals surface area contributed by atoms with Crippen LogP contribution in [0.3, 0.4) is 0 Å². The van der Waals surface area contributed by atoms with Crippen LogP contribution in [-0.2, 0) is 23.0 Å². The van der Waals surface area contributed by atoms with Gasteiger partial charge in [0, 0.05) is 45.0 Å². The molecule has 1 amide bonds. The molecule has 1 aliphatic heterocycles. The quantitative estimate of drug-likeness (QED) is 0.809. The molecule has 138 valence electrons. The molecule has 1 aromatic rings. The average Bonchev–Trinajstić information content (AvgIpc) is 3.31. The molecule has 0 aromatic carbocycles. The Kier molecular flexibility index (Phi) is 4.82. The van der Waals surface area contributed by atoms with Crippen LogP contribution < -0.4 is 0 Å². The number of carbonyl (C=O) groups excluding carboxylic acids is 1. The molecule has 0 spiro atoms. The molecule has 0 radical (unpaired) electrons. The third-order valence-electron chi connectivity index (χ3n) is 5.77. The first-order chi connectivity index (χ1) is 12.1. The molecule has 2 aliphatic carbocycles. The number of aromatic nitrogens is 2. The minimum absolute atomic E-state index is 0.0162. The average molecular weight is 346 g/mol. The molecule has 1 saturated carbocycles. The SMILES string of the molecule is CN1CCO[C@@H](CN(CC2CC2)C(=O)[C@H]2CCCc3nn(C)cc32)C1. The van der Waals surface area contributed by atoms with Gasteiger partial charge in [-0.3, -0.25) is 9.48 Å². The zero-order valence-corrected chi connectivity index (χ0v) is 15.5. The summed E-state index contributed by atoms with van der Waals surface area (Å²) in [7, 11) is 4.08. The second-order valence-corrected chi connectivity index (χ2v) is 8.09. The Morgan fingerprint density at radius 2 is 2.16 bits per heavy atom. The number of rotatable bonds is 5. The summed E-state index contributed by atoms with van der Waals surface area (Å²) in [6, 6.07) is 0. The van der Waals surface area contributed by atoms with Crippen LogP contribution in [-0.4, -0.2) is 71.4 Å². The molecule has 0 N–H and O–H groups in total. The highest BCUT2D eigenvalue weighted by molar-refractivity contribution is 5.84. The van der Waals surface area contributed by atoms with Crippen LogP contribution in [0.1, 0.15) is 42.9 Å². The molecule has 0 bridgehead atoms. The van der Waals surface area contributed by atoms with Gasteiger partial charge in [-0.2, -0.15) is 5.10 Å². The standard InChI is InChI=1S/C19H30N4O2/c1-21-8-9-25-15(11-21)12-23(10-14-6-7-14)19(24)16-4-3-5-18-17(16)13-22(2)20-18/h13-16H,3-12H2,1-2H3/t15-,16+/m1/s1. The zero-order chi connectivity index (χ0) is 17.4. The largest absolute Gasteiger partial charge is 0.374 e. The summed E-state index contributed by atoms with van der Waals surface area (Å²) < 4.78 is 7.80. The second-order valence-electron chi connectivity index (χ2n) is 8.09. The van der Waals surface area contributed by atoms with E-state index < -0.39 is 0 Å². The molecule has 2 atom stereocenters. The van der Waals surface area contributed by atoms with E-state index in [-0.39, 0.29) is 17.9 Å². The smallest absolute Gasteiger partial charge is 0.230 e. The summed E-state index contributed by atoms with van der Waals surface area (Å²) in [5.74, 6) is 0.970. The molecule has 1 saturated heterocycles. The molecule has 6 nitrogen and oxygen atoms in total. The molecular weight excluding hydrogens is 316 g/mol. The lowest BCUT2D eigenvalue weighted by atomic mass is 9.86. The Morgan fingerprint density at radius 3 is 2.92 bits per heavy atom. The van der Waals surface area contributed by atoms with E-state index in [9.17, 15) is 4.79 Å². The number of nitrogens with zero attached hydrogens (tertiary/aromatic N) is 4. The van der Waals surface area contributed by atoms with Crippen molar-refractivity contribution in [3.63, 3.8) is 0 Å². The van der Waals surface area contributed by atoms with Crippen molar-refractivity contribution in [1.29, 1.82) is 0 Å². The van der Waals surface area contributed by atoms with E-state index in [1.165, 1.54) is 12.8 Å². The Morgan fingerprint density at radius 1 is 1.32 bits per heavy atom. The summed E-state index contributed by atoms with van der Waals surface area (Å²) in [4.78, 5) is 17.8. The van der Waals surface area contributed by atoms with Crippen molar-refractivity contribution in [2.24, 2.45) is 13.0 Å². The lowest BCUT2D eigenvalue weighted by molar-refractivity contribution is -0.136. The molecule has 2 fully saturated rings. The molecule has 0 unspecified atom stereocenters. The van der Waals surface area contributed by atoms with E-state index in [4.69, 9.17) is 4.74 Å². The van der Waals surface area contributed by atoms with Crippen LogP contribution in [0.5, 0.6) is 0 Å². The monoisotopic (exact) mass is 346 g/mol. The van der Waals surface area contributed by atoms with Gasteiger partial charge in [-0.15, -0.1) is 0 Å². The van der Waals surface area contributed by atoms with Crippen LogP contribution in [0, 0.1) is 5.92 Å². The van der Waals surface area contributed by atoms with Gasteiger partial charge in [-0.05, 0) is 45.1 Å². The lowest BCUT2D eigenvalue weighted by Gasteiger charge is -2.36. The maximum absolute atomic E-state index is 13.4. The number of fused-ring (bicyclic) bond motifs is 1. The van der Waals surface area contributed by atoms with Crippen LogP contribution in [0.25, 0.3) is 0 Å².